The molecule has 1 fully saturated rings. The van der Waals surface area contributed by atoms with Crippen LogP contribution in [0.2, 0.25) is 0 Å². The van der Waals surface area contributed by atoms with Crippen molar-refractivity contribution in [3.8, 4) is 17.6 Å². The third-order valence-electron chi connectivity index (χ3n) is 5.21. The van der Waals surface area contributed by atoms with E-state index in [1.165, 1.54) is 6.07 Å². The van der Waals surface area contributed by atoms with Gasteiger partial charge in [-0.05, 0) is 62.3 Å². The Morgan fingerprint density at radius 1 is 1.04 bits per heavy atom. The van der Waals surface area contributed by atoms with Crippen LogP contribution in [-0.2, 0) is 11.3 Å². The number of phenolic OH excluding ortho intramolecular Hbond substituents is 1. The lowest BCUT2D eigenvalue weighted by Gasteiger charge is -2.26. The van der Waals surface area contributed by atoms with E-state index in [1.807, 2.05) is 13.0 Å². The third kappa shape index (κ3) is 4.69. The fourth-order valence-corrected chi connectivity index (χ4v) is 3.53. The van der Waals surface area contributed by atoms with E-state index >= 15 is 0 Å². The minimum atomic E-state index is -1.27. The van der Waals surface area contributed by atoms with Crippen molar-refractivity contribution in [3.63, 3.8) is 0 Å². The van der Waals surface area contributed by atoms with Gasteiger partial charge in [0.1, 0.15) is 5.82 Å². The third-order valence-corrected chi connectivity index (χ3v) is 5.21. The highest BCUT2D eigenvalue weighted by Gasteiger charge is 2.22. The number of benzene rings is 2. The van der Waals surface area contributed by atoms with E-state index < -0.39 is 17.4 Å². The topological polar surface area (TPSA) is 29.5 Å². The van der Waals surface area contributed by atoms with Crippen molar-refractivity contribution >= 4 is 0 Å². The molecule has 0 atom stereocenters. The van der Waals surface area contributed by atoms with Gasteiger partial charge in [0.05, 0.1) is 12.2 Å². The van der Waals surface area contributed by atoms with Gasteiger partial charge in [-0.25, -0.2) is 8.78 Å². The minimum absolute atomic E-state index is 0.0515. The maximum absolute atomic E-state index is 14.2. The van der Waals surface area contributed by atoms with Crippen LogP contribution in [0.15, 0.2) is 30.3 Å². The Balaban J connectivity index is 1.61. The number of rotatable bonds is 4. The molecule has 1 N–H and O–H groups in total. The van der Waals surface area contributed by atoms with Gasteiger partial charge in [-0.2, -0.15) is 4.39 Å². The van der Waals surface area contributed by atoms with E-state index in [1.54, 1.807) is 12.1 Å². The standard InChI is InChI=1S/C23H23F3O2/c1-2-28-14-19-10-9-18(13-20(19)24)16-6-3-15(4-7-16)5-8-17-11-12-21(27)23(26)22(17)25/h9-13,15-16,27H,2-4,6-7,14H2,1H3. The number of halogens is 3. The lowest BCUT2D eigenvalue weighted by atomic mass is 9.78. The SMILES string of the molecule is CCOCc1ccc(C2CCC(C#Cc3ccc(O)c(F)c3F)CC2)cc1F. The first-order chi connectivity index (χ1) is 13.5. The predicted molar refractivity (Wildman–Crippen MR) is 101 cm³/mol. The molecular formula is C23H23F3O2. The summed E-state index contributed by atoms with van der Waals surface area (Å²) in [5.41, 5.74) is 1.49. The summed E-state index contributed by atoms with van der Waals surface area (Å²) in [6, 6.07) is 7.72. The molecule has 0 bridgehead atoms. The second-order valence-corrected chi connectivity index (χ2v) is 7.07. The fraction of sp³-hybridized carbons (Fsp3) is 0.391. The second kappa shape index (κ2) is 9.16. The molecule has 0 aromatic heterocycles. The van der Waals surface area contributed by atoms with E-state index in [2.05, 4.69) is 11.8 Å². The zero-order chi connectivity index (χ0) is 20.1. The highest BCUT2D eigenvalue weighted by Crippen LogP contribution is 2.36. The number of phenols is 1. The Labute approximate surface area is 163 Å². The Morgan fingerprint density at radius 3 is 2.46 bits per heavy atom. The van der Waals surface area contributed by atoms with Gasteiger partial charge >= 0.3 is 0 Å². The molecule has 5 heteroatoms. The van der Waals surface area contributed by atoms with Gasteiger partial charge in [0.15, 0.2) is 11.6 Å². The van der Waals surface area contributed by atoms with Crippen LogP contribution in [0.5, 0.6) is 5.75 Å². The Kier molecular flexibility index (Phi) is 6.64. The van der Waals surface area contributed by atoms with Gasteiger partial charge < -0.3 is 9.84 Å². The van der Waals surface area contributed by atoms with Crippen LogP contribution in [0.3, 0.4) is 0 Å². The molecule has 0 aliphatic heterocycles. The summed E-state index contributed by atoms with van der Waals surface area (Å²) in [6.07, 6.45) is 3.39. The van der Waals surface area contributed by atoms with E-state index in [4.69, 9.17) is 9.84 Å². The zero-order valence-corrected chi connectivity index (χ0v) is 15.8. The summed E-state index contributed by atoms with van der Waals surface area (Å²) in [7, 11) is 0. The van der Waals surface area contributed by atoms with Crippen molar-refractivity contribution in [1.82, 2.24) is 0 Å². The number of ether oxygens (including phenoxy) is 1. The predicted octanol–water partition coefficient (Wildman–Crippen LogP) is 5.67. The van der Waals surface area contributed by atoms with Gasteiger partial charge in [0.25, 0.3) is 0 Å². The van der Waals surface area contributed by atoms with E-state index in [-0.39, 0.29) is 29.8 Å². The highest BCUT2D eigenvalue weighted by molar-refractivity contribution is 5.40. The molecule has 0 saturated heterocycles. The highest BCUT2D eigenvalue weighted by atomic mass is 19.2. The van der Waals surface area contributed by atoms with Crippen molar-refractivity contribution < 1.29 is 23.0 Å². The average molecular weight is 388 g/mol. The molecule has 0 amide bonds. The monoisotopic (exact) mass is 388 g/mol. The van der Waals surface area contributed by atoms with Gasteiger partial charge in [0.2, 0.25) is 5.82 Å². The van der Waals surface area contributed by atoms with E-state index in [9.17, 15) is 13.2 Å². The molecule has 28 heavy (non-hydrogen) atoms. The normalized spacial score (nSPS) is 19.1. The molecule has 3 rings (SSSR count). The Morgan fingerprint density at radius 2 is 1.79 bits per heavy atom. The van der Waals surface area contributed by atoms with Crippen LogP contribution in [0.4, 0.5) is 13.2 Å². The van der Waals surface area contributed by atoms with Crippen molar-refractivity contribution in [2.45, 2.75) is 45.1 Å². The minimum Gasteiger partial charge on any atom is -0.505 e. The molecule has 0 spiro atoms. The molecule has 0 radical (unpaired) electrons. The lowest BCUT2D eigenvalue weighted by molar-refractivity contribution is 0.131. The Hall–Kier alpha value is -2.45. The molecule has 2 aromatic carbocycles. The number of aromatic hydroxyl groups is 1. The van der Waals surface area contributed by atoms with Crippen molar-refractivity contribution in [2.24, 2.45) is 5.92 Å². The first kappa shape index (κ1) is 20.3. The van der Waals surface area contributed by atoms with E-state index in [0.29, 0.717) is 12.2 Å². The van der Waals surface area contributed by atoms with Gasteiger partial charge in [0, 0.05) is 18.1 Å². The average Bonchev–Trinajstić information content (AvgIpc) is 2.71. The second-order valence-electron chi connectivity index (χ2n) is 7.07. The number of hydrogen-bond donors (Lipinski definition) is 1. The molecule has 1 aliphatic carbocycles. The van der Waals surface area contributed by atoms with Gasteiger partial charge in [-0.3, -0.25) is 0 Å². The molecule has 2 nitrogen and oxygen atoms in total. The molecule has 1 aliphatic rings. The van der Waals surface area contributed by atoms with Crippen LogP contribution in [0, 0.1) is 35.2 Å². The summed E-state index contributed by atoms with van der Waals surface area (Å²) in [6.45, 7) is 2.70. The van der Waals surface area contributed by atoms with Crippen LogP contribution < -0.4 is 0 Å². The maximum atomic E-state index is 14.2. The van der Waals surface area contributed by atoms with Crippen LogP contribution in [-0.4, -0.2) is 11.7 Å². The van der Waals surface area contributed by atoms with Gasteiger partial charge in [-0.15, -0.1) is 0 Å². The summed E-state index contributed by atoms with van der Waals surface area (Å²) in [5, 5.41) is 9.16. The molecule has 1 saturated carbocycles. The first-order valence-corrected chi connectivity index (χ1v) is 9.54. The number of hydrogen-bond acceptors (Lipinski definition) is 2. The van der Waals surface area contributed by atoms with Crippen LogP contribution >= 0.6 is 0 Å². The molecular weight excluding hydrogens is 365 g/mol. The first-order valence-electron chi connectivity index (χ1n) is 9.54. The molecule has 148 valence electrons. The quantitative estimate of drug-likeness (QED) is 0.684. The molecule has 0 unspecified atom stereocenters. The van der Waals surface area contributed by atoms with Crippen molar-refractivity contribution in [2.75, 3.05) is 6.61 Å². The maximum Gasteiger partial charge on any atom is 0.201 e. The van der Waals surface area contributed by atoms with Crippen LogP contribution in [0.1, 0.15) is 55.2 Å². The Bertz CT molecular complexity index is 891. The lowest BCUT2D eigenvalue weighted by Crippen LogP contribution is -2.12. The van der Waals surface area contributed by atoms with Crippen LogP contribution in [0.25, 0.3) is 0 Å². The smallest absolute Gasteiger partial charge is 0.201 e. The van der Waals surface area contributed by atoms with Crippen molar-refractivity contribution in [3.05, 3.63) is 64.5 Å². The van der Waals surface area contributed by atoms with Crippen molar-refractivity contribution in [1.29, 1.82) is 0 Å². The fourth-order valence-electron chi connectivity index (χ4n) is 3.53. The largest absolute Gasteiger partial charge is 0.505 e. The summed E-state index contributed by atoms with van der Waals surface area (Å²) < 4.78 is 46.7. The van der Waals surface area contributed by atoms with Gasteiger partial charge in [-0.1, -0.05) is 24.0 Å². The van der Waals surface area contributed by atoms with E-state index in [0.717, 1.165) is 37.3 Å². The molecule has 2 aromatic rings. The zero-order valence-electron chi connectivity index (χ0n) is 15.8. The molecule has 0 heterocycles. The summed E-state index contributed by atoms with van der Waals surface area (Å²) >= 11 is 0. The summed E-state index contributed by atoms with van der Waals surface area (Å²) in [5.74, 6) is 2.72. The summed E-state index contributed by atoms with van der Waals surface area (Å²) in [4.78, 5) is 0.